The highest BCUT2D eigenvalue weighted by Gasteiger charge is 2.33. The maximum atomic E-state index is 13.1. The summed E-state index contributed by atoms with van der Waals surface area (Å²) in [6, 6.07) is 9.87. The molecule has 8 heteroatoms. The molecule has 1 N–H and O–H groups in total. The summed E-state index contributed by atoms with van der Waals surface area (Å²) in [6.07, 6.45) is 1.67. The molecular weight excluding hydrogens is 428 g/mol. The molecule has 8 nitrogen and oxygen atoms in total. The Morgan fingerprint density at radius 3 is 2.56 bits per heavy atom. The average Bonchev–Trinajstić information content (AvgIpc) is 3.40. The van der Waals surface area contributed by atoms with Gasteiger partial charge in [-0.1, -0.05) is 19.9 Å². The minimum Gasteiger partial charge on any atom is -0.468 e. The molecule has 3 heterocycles. The molecule has 0 aliphatic rings. The van der Waals surface area contributed by atoms with Gasteiger partial charge >= 0.3 is 0 Å². The van der Waals surface area contributed by atoms with E-state index in [9.17, 15) is 4.79 Å². The number of hydrogen-bond acceptors (Lipinski definition) is 6. The Bertz CT molecular complexity index is 1330. The fourth-order valence-corrected chi connectivity index (χ4v) is 4.65. The van der Waals surface area contributed by atoms with Gasteiger partial charge in [-0.2, -0.15) is 0 Å². The van der Waals surface area contributed by atoms with Crippen molar-refractivity contribution in [2.24, 2.45) is 5.92 Å². The Balaban J connectivity index is 1.81. The topological polar surface area (TPSA) is 92.8 Å². The van der Waals surface area contributed by atoms with E-state index in [-0.39, 0.29) is 23.1 Å². The Labute approximate surface area is 200 Å². The molecule has 3 aromatic heterocycles. The Morgan fingerprint density at radius 2 is 1.91 bits per heavy atom. The van der Waals surface area contributed by atoms with E-state index < -0.39 is 0 Å². The summed E-state index contributed by atoms with van der Waals surface area (Å²) in [7, 11) is 0. The van der Waals surface area contributed by atoms with E-state index in [1.165, 1.54) is 0 Å². The molecule has 34 heavy (non-hydrogen) atoms. The van der Waals surface area contributed by atoms with Crippen LogP contribution in [-0.2, 0) is 18.6 Å². The quantitative estimate of drug-likeness (QED) is 0.421. The first-order chi connectivity index (χ1) is 16.0. The van der Waals surface area contributed by atoms with Gasteiger partial charge in [0.05, 0.1) is 24.4 Å². The molecule has 0 bridgehead atoms. The number of fused-ring (bicyclic) bond motifs is 1. The molecular formula is C26H34N6O2. The summed E-state index contributed by atoms with van der Waals surface area (Å²) in [4.78, 5) is 18.5. The second kappa shape index (κ2) is 9.18. The molecule has 4 rings (SSSR count). The van der Waals surface area contributed by atoms with Crippen LogP contribution in [0.25, 0.3) is 10.9 Å². The third kappa shape index (κ3) is 4.82. The SMILES string of the molecule is Cc1cc(C)c2cc(CN(Cc3ccco3)C(c3nnnn3C(C)(C)C)C(C)C)c(=O)[nH]c2c1. The van der Waals surface area contributed by atoms with Gasteiger partial charge in [-0.25, -0.2) is 4.68 Å². The number of aromatic nitrogens is 5. The van der Waals surface area contributed by atoms with E-state index in [0.29, 0.717) is 18.7 Å². The number of H-pyrrole nitrogens is 1. The number of aromatic amines is 1. The molecule has 0 radical (unpaired) electrons. The van der Waals surface area contributed by atoms with Crippen LogP contribution in [0.2, 0.25) is 0 Å². The Kier molecular flexibility index (Phi) is 6.45. The second-order valence-corrected chi connectivity index (χ2v) is 10.5. The lowest BCUT2D eigenvalue weighted by atomic mass is 9.98. The number of aryl methyl sites for hydroxylation is 2. The van der Waals surface area contributed by atoms with Crippen LogP contribution < -0.4 is 5.56 Å². The van der Waals surface area contributed by atoms with Gasteiger partial charge in [-0.3, -0.25) is 9.69 Å². The lowest BCUT2D eigenvalue weighted by molar-refractivity contribution is 0.111. The van der Waals surface area contributed by atoms with Crippen molar-refractivity contribution in [2.75, 3.05) is 0 Å². The number of benzene rings is 1. The molecule has 1 unspecified atom stereocenters. The second-order valence-electron chi connectivity index (χ2n) is 10.5. The maximum Gasteiger partial charge on any atom is 0.252 e. The zero-order valence-corrected chi connectivity index (χ0v) is 21.1. The summed E-state index contributed by atoms with van der Waals surface area (Å²) in [5.41, 5.74) is 3.47. The van der Waals surface area contributed by atoms with Gasteiger partial charge in [-0.15, -0.1) is 5.10 Å². The molecule has 4 aromatic rings. The van der Waals surface area contributed by atoms with Gasteiger partial charge < -0.3 is 9.40 Å². The fraction of sp³-hybridized carbons (Fsp3) is 0.462. The molecule has 180 valence electrons. The summed E-state index contributed by atoms with van der Waals surface area (Å²) in [6.45, 7) is 15.6. The van der Waals surface area contributed by atoms with Crippen molar-refractivity contribution in [3.63, 3.8) is 0 Å². The van der Waals surface area contributed by atoms with Crippen molar-refractivity contribution in [3.05, 3.63) is 75.2 Å². The first-order valence-corrected chi connectivity index (χ1v) is 11.7. The molecule has 0 amide bonds. The van der Waals surface area contributed by atoms with Crippen molar-refractivity contribution in [2.45, 2.75) is 73.1 Å². The highest BCUT2D eigenvalue weighted by molar-refractivity contribution is 5.83. The van der Waals surface area contributed by atoms with Crippen LogP contribution in [0.1, 0.15) is 68.9 Å². The molecule has 0 aliphatic heterocycles. The molecule has 0 fully saturated rings. The number of nitrogens with zero attached hydrogens (tertiary/aromatic N) is 5. The van der Waals surface area contributed by atoms with Crippen molar-refractivity contribution in [1.29, 1.82) is 0 Å². The zero-order chi connectivity index (χ0) is 24.6. The predicted octanol–water partition coefficient (Wildman–Crippen LogP) is 4.88. The van der Waals surface area contributed by atoms with E-state index in [0.717, 1.165) is 33.6 Å². The van der Waals surface area contributed by atoms with Crippen LogP contribution in [-0.4, -0.2) is 30.1 Å². The van der Waals surface area contributed by atoms with Crippen molar-refractivity contribution in [3.8, 4) is 0 Å². The molecule has 0 aliphatic carbocycles. The van der Waals surface area contributed by atoms with Crippen LogP contribution in [0.5, 0.6) is 0 Å². The van der Waals surface area contributed by atoms with Crippen LogP contribution in [0.3, 0.4) is 0 Å². The number of nitrogens with one attached hydrogen (secondary N) is 1. The predicted molar refractivity (Wildman–Crippen MR) is 132 cm³/mol. The maximum absolute atomic E-state index is 13.1. The molecule has 1 atom stereocenters. The number of rotatable bonds is 7. The van der Waals surface area contributed by atoms with E-state index in [1.54, 1.807) is 6.26 Å². The van der Waals surface area contributed by atoms with Crippen molar-refractivity contribution in [1.82, 2.24) is 30.1 Å². The van der Waals surface area contributed by atoms with Gasteiger partial charge in [0.1, 0.15) is 5.76 Å². The lowest BCUT2D eigenvalue weighted by Gasteiger charge is -2.34. The minimum absolute atomic E-state index is 0.0835. The standard InChI is InChI=1S/C26H34N6O2/c1-16(2)23(24-28-29-30-32(24)26(5,6)7)31(15-20-9-8-10-34-20)14-19-13-21-18(4)11-17(3)12-22(21)27-25(19)33/h8-13,16,23H,14-15H2,1-7H3,(H,27,33). The summed E-state index contributed by atoms with van der Waals surface area (Å²) in [5.74, 6) is 1.79. The lowest BCUT2D eigenvalue weighted by Crippen LogP contribution is -2.37. The first kappa shape index (κ1) is 23.9. The Morgan fingerprint density at radius 1 is 1.15 bits per heavy atom. The first-order valence-electron chi connectivity index (χ1n) is 11.7. The summed E-state index contributed by atoms with van der Waals surface area (Å²) >= 11 is 0. The van der Waals surface area contributed by atoms with Crippen molar-refractivity contribution < 1.29 is 4.42 Å². The van der Waals surface area contributed by atoms with Gasteiger partial charge in [0, 0.05) is 23.0 Å². The third-order valence-electron chi connectivity index (χ3n) is 6.12. The largest absolute Gasteiger partial charge is 0.468 e. The fourth-order valence-electron chi connectivity index (χ4n) is 4.65. The smallest absolute Gasteiger partial charge is 0.252 e. The summed E-state index contributed by atoms with van der Waals surface area (Å²) < 4.78 is 7.57. The normalized spacial score (nSPS) is 13.3. The van der Waals surface area contributed by atoms with E-state index in [1.807, 2.05) is 35.9 Å². The molecule has 0 saturated heterocycles. The van der Waals surface area contributed by atoms with E-state index in [4.69, 9.17) is 4.42 Å². The number of pyridine rings is 1. The highest BCUT2D eigenvalue weighted by Crippen LogP contribution is 2.32. The van der Waals surface area contributed by atoms with Gasteiger partial charge in [0.25, 0.3) is 5.56 Å². The molecule has 1 aromatic carbocycles. The highest BCUT2D eigenvalue weighted by atomic mass is 16.3. The average molecular weight is 463 g/mol. The van der Waals surface area contributed by atoms with Crippen LogP contribution in [0.4, 0.5) is 0 Å². The summed E-state index contributed by atoms with van der Waals surface area (Å²) in [5, 5.41) is 13.8. The van der Waals surface area contributed by atoms with Crippen molar-refractivity contribution >= 4 is 10.9 Å². The third-order valence-corrected chi connectivity index (χ3v) is 6.12. The molecule has 0 saturated carbocycles. The van der Waals surface area contributed by atoms with E-state index in [2.05, 4.69) is 73.0 Å². The van der Waals surface area contributed by atoms with Crippen LogP contribution in [0.15, 0.2) is 45.8 Å². The number of hydrogen-bond donors (Lipinski definition) is 1. The zero-order valence-electron chi connectivity index (χ0n) is 21.1. The van der Waals surface area contributed by atoms with Gasteiger partial charge in [0.15, 0.2) is 5.82 Å². The minimum atomic E-state index is -0.280. The monoisotopic (exact) mass is 462 g/mol. The van der Waals surface area contributed by atoms with E-state index >= 15 is 0 Å². The number of furan rings is 1. The molecule has 0 spiro atoms. The Hall–Kier alpha value is -3.26. The van der Waals surface area contributed by atoms with Gasteiger partial charge in [-0.05, 0) is 86.4 Å². The van der Waals surface area contributed by atoms with Gasteiger partial charge in [0.2, 0.25) is 0 Å². The van der Waals surface area contributed by atoms with Crippen LogP contribution in [0, 0.1) is 19.8 Å². The number of tetrazole rings is 1. The van der Waals surface area contributed by atoms with Crippen LogP contribution >= 0.6 is 0 Å².